The third kappa shape index (κ3) is 4.47. The van der Waals surface area contributed by atoms with Crippen LogP contribution in [0.5, 0.6) is 0 Å². The van der Waals surface area contributed by atoms with Crippen molar-refractivity contribution >= 4 is 29.9 Å². The highest BCUT2D eigenvalue weighted by Gasteiger charge is 2.27. The number of aliphatic hydroxyl groups is 1. The molecule has 2 amide bonds. The first-order valence-electron chi connectivity index (χ1n) is 8.17. The molecule has 0 bridgehead atoms. The van der Waals surface area contributed by atoms with Gasteiger partial charge in [0.1, 0.15) is 0 Å². The second-order valence-electron chi connectivity index (χ2n) is 6.38. The lowest BCUT2D eigenvalue weighted by Crippen LogP contribution is -2.35. The van der Waals surface area contributed by atoms with Gasteiger partial charge in [-0.3, -0.25) is 9.59 Å². The second kappa shape index (κ2) is 8.46. The molecule has 1 aromatic rings. The molecule has 0 saturated carbocycles. The number of aliphatic hydroxyl groups excluding tert-OH is 1. The van der Waals surface area contributed by atoms with E-state index in [1.165, 1.54) is 0 Å². The zero-order valence-corrected chi connectivity index (χ0v) is 14.3. The predicted octanol–water partition coefficient (Wildman–Crippen LogP) is 0.696. The van der Waals surface area contributed by atoms with Gasteiger partial charge in [-0.05, 0) is 24.5 Å². The van der Waals surface area contributed by atoms with E-state index in [2.05, 4.69) is 16.0 Å². The maximum absolute atomic E-state index is 12.1. The van der Waals surface area contributed by atoms with Crippen LogP contribution in [0, 0.1) is 11.8 Å². The van der Waals surface area contributed by atoms with Gasteiger partial charge in [0.05, 0.1) is 6.10 Å². The standard InChI is InChI=1S/C17H23N3O3.ClH/c21-15-10-18-8-13(15)9-19-16(22)6-5-12-7-11-3-1-2-4-14(11)20-17(12)23;/h1-4,12-13,15,18,21H,5-10H2,(H,19,22)(H,20,23);1H. The van der Waals surface area contributed by atoms with Gasteiger partial charge < -0.3 is 21.1 Å². The molecule has 0 radical (unpaired) electrons. The predicted molar refractivity (Wildman–Crippen MR) is 94.1 cm³/mol. The fraction of sp³-hybridized carbons (Fsp3) is 0.529. The van der Waals surface area contributed by atoms with Crippen LogP contribution >= 0.6 is 12.4 Å². The molecule has 0 spiro atoms. The summed E-state index contributed by atoms with van der Waals surface area (Å²) in [5.41, 5.74) is 2.00. The van der Waals surface area contributed by atoms with Crippen LogP contribution < -0.4 is 16.0 Å². The number of para-hydroxylation sites is 1. The maximum Gasteiger partial charge on any atom is 0.227 e. The van der Waals surface area contributed by atoms with Crippen molar-refractivity contribution in [2.75, 3.05) is 25.0 Å². The van der Waals surface area contributed by atoms with Crippen LogP contribution in [0.1, 0.15) is 18.4 Å². The Labute approximate surface area is 147 Å². The Morgan fingerprint density at radius 1 is 1.29 bits per heavy atom. The maximum atomic E-state index is 12.1. The summed E-state index contributed by atoms with van der Waals surface area (Å²) in [5.74, 6) is -0.152. The van der Waals surface area contributed by atoms with Gasteiger partial charge in [0, 0.05) is 43.6 Å². The third-order valence-electron chi connectivity index (χ3n) is 4.70. The van der Waals surface area contributed by atoms with E-state index in [4.69, 9.17) is 0 Å². The van der Waals surface area contributed by atoms with E-state index < -0.39 is 6.10 Å². The summed E-state index contributed by atoms with van der Waals surface area (Å²) in [5, 5.41) is 18.5. The minimum atomic E-state index is -0.393. The zero-order valence-electron chi connectivity index (χ0n) is 13.5. The van der Waals surface area contributed by atoms with E-state index >= 15 is 0 Å². The molecule has 24 heavy (non-hydrogen) atoms. The molecule has 1 fully saturated rings. The monoisotopic (exact) mass is 353 g/mol. The summed E-state index contributed by atoms with van der Waals surface area (Å²) >= 11 is 0. The molecule has 0 aliphatic carbocycles. The molecule has 2 aliphatic heterocycles. The Bertz CT molecular complexity index is 596. The van der Waals surface area contributed by atoms with Crippen molar-refractivity contribution in [2.24, 2.45) is 11.8 Å². The normalized spacial score (nSPS) is 25.4. The van der Waals surface area contributed by atoms with Crippen LogP contribution in [0.25, 0.3) is 0 Å². The molecule has 4 N–H and O–H groups in total. The first kappa shape index (κ1) is 18.7. The molecular formula is C17H24ClN3O3. The van der Waals surface area contributed by atoms with Crippen LogP contribution in [0.2, 0.25) is 0 Å². The summed E-state index contributed by atoms with van der Waals surface area (Å²) in [6, 6.07) is 7.77. The Hall–Kier alpha value is -1.63. The number of carbonyl (C=O) groups excluding carboxylic acids is 2. The van der Waals surface area contributed by atoms with Gasteiger partial charge in [0.15, 0.2) is 0 Å². The molecule has 6 nitrogen and oxygen atoms in total. The van der Waals surface area contributed by atoms with Crippen molar-refractivity contribution in [1.82, 2.24) is 10.6 Å². The lowest BCUT2D eigenvalue weighted by atomic mass is 9.89. The van der Waals surface area contributed by atoms with Gasteiger partial charge in [0.25, 0.3) is 0 Å². The van der Waals surface area contributed by atoms with Crippen molar-refractivity contribution < 1.29 is 14.7 Å². The molecule has 132 valence electrons. The number of benzene rings is 1. The largest absolute Gasteiger partial charge is 0.391 e. The van der Waals surface area contributed by atoms with Crippen LogP contribution in [0.15, 0.2) is 24.3 Å². The van der Waals surface area contributed by atoms with Crippen molar-refractivity contribution in [1.29, 1.82) is 0 Å². The molecule has 1 saturated heterocycles. The summed E-state index contributed by atoms with van der Waals surface area (Å²) in [6.45, 7) is 1.79. The van der Waals surface area contributed by atoms with E-state index in [9.17, 15) is 14.7 Å². The number of fused-ring (bicyclic) bond motifs is 1. The lowest BCUT2D eigenvalue weighted by Gasteiger charge is -2.24. The molecule has 3 atom stereocenters. The topological polar surface area (TPSA) is 90.5 Å². The summed E-state index contributed by atoms with van der Waals surface area (Å²) in [6.07, 6.45) is 1.16. The second-order valence-corrected chi connectivity index (χ2v) is 6.38. The Morgan fingerprint density at radius 3 is 2.83 bits per heavy atom. The Kier molecular flexibility index (Phi) is 6.60. The number of amides is 2. The number of carbonyl (C=O) groups is 2. The number of hydrogen-bond acceptors (Lipinski definition) is 4. The van der Waals surface area contributed by atoms with Crippen LogP contribution in [0.3, 0.4) is 0 Å². The van der Waals surface area contributed by atoms with Crippen LogP contribution in [0.4, 0.5) is 5.69 Å². The number of β-amino-alcohol motifs (C(OH)–C–C–N with tert-alkyl or cyclic N) is 1. The SMILES string of the molecule is Cl.O=C(CCC1Cc2ccccc2NC1=O)NCC1CNCC1O. The van der Waals surface area contributed by atoms with Gasteiger partial charge in [-0.25, -0.2) is 0 Å². The van der Waals surface area contributed by atoms with E-state index in [-0.39, 0.29) is 36.1 Å². The zero-order chi connectivity index (χ0) is 16.2. The number of halogens is 1. The third-order valence-corrected chi connectivity index (χ3v) is 4.70. The van der Waals surface area contributed by atoms with E-state index in [0.717, 1.165) is 17.8 Å². The summed E-state index contributed by atoms with van der Waals surface area (Å²) < 4.78 is 0. The number of anilines is 1. The van der Waals surface area contributed by atoms with Crippen molar-refractivity contribution in [3.8, 4) is 0 Å². The molecule has 2 aliphatic rings. The van der Waals surface area contributed by atoms with Gasteiger partial charge in [-0.2, -0.15) is 0 Å². The quantitative estimate of drug-likeness (QED) is 0.627. The molecule has 2 heterocycles. The molecule has 3 unspecified atom stereocenters. The van der Waals surface area contributed by atoms with E-state index in [1.807, 2.05) is 24.3 Å². The summed E-state index contributed by atoms with van der Waals surface area (Å²) in [4.78, 5) is 24.1. The molecular weight excluding hydrogens is 330 g/mol. The average Bonchev–Trinajstić information content (AvgIpc) is 2.96. The number of hydrogen-bond donors (Lipinski definition) is 4. The van der Waals surface area contributed by atoms with Gasteiger partial charge in [0.2, 0.25) is 11.8 Å². The highest BCUT2D eigenvalue weighted by atomic mass is 35.5. The van der Waals surface area contributed by atoms with Crippen molar-refractivity contribution in [3.05, 3.63) is 29.8 Å². The molecule has 3 rings (SSSR count). The minimum absolute atomic E-state index is 0. The fourth-order valence-corrected chi connectivity index (χ4v) is 3.21. The number of rotatable bonds is 5. The highest BCUT2D eigenvalue weighted by molar-refractivity contribution is 5.96. The molecule has 1 aromatic carbocycles. The van der Waals surface area contributed by atoms with Gasteiger partial charge >= 0.3 is 0 Å². The highest BCUT2D eigenvalue weighted by Crippen LogP contribution is 2.27. The van der Waals surface area contributed by atoms with E-state index in [1.54, 1.807) is 0 Å². The molecule has 0 aromatic heterocycles. The van der Waals surface area contributed by atoms with Crippen molar-refractivity contribution in [3.63, 3.8) is 0 Å². The average molecular weight is 354 g/mol. The minimum Gasteiger partial charge on any atom is -0.391 e. The lowest BCUT2D eigenvalue weighted by molar-refractivity contribution is -0.123. The Morgan fingerprint density at radius 2 is 2.08 bits per heavy atom. The van der Waals surface area contributed by atoms with Crippen LogP contribution in [-0.4, -0.2) is 42.7 Å². The van der Waals surface area contributed by atoms with Crippen LogP contribution in [-0.2, 0) is 16.0 Å². The fourth-order valence-electron chi connectivity index (χ4n) is 3.21. The number of nitrogens with one attached hydrogen (secondary N) is 3. The van der Waals surface area contributed by atoms with Crippen molar-refractivity contribution in [2.45, 2.75) is 25.4 Å². The first-order valence-corrected chi connectivity index (χ1v) is 8.17. The van der Waals surface area contributed by atoms with Gasteiger partial charge in [-0.1, -0.05) is 18.2 Å². The van der Waals surface area contributed by atoms with E-state index in [0.29, 0.717) is 32.4 Å². The summed E-state index contributed by atoms with van der Waals surface area (Å²) in [7, 11) is 0. The Balaban J connectivity index is 0.00000208. The first-order chi connectivity index (χ1) is 11.1. The van der Waals surface area contributed by atoms with Gasteiger partial charge in [-0.15, -0.1) is 12.4 Å². The molecule has 7 heteroatoms. The smallest absolute Gasteiger partial charge is 0.227 e.